The molecule has 1 amide bonds. The third-order valence-corrected chi connectivity index (χ3v) is 4.69. The highest BCUT2D eigenvalue weighted by Crippen LogP contribution is 2.26. The zero-order chi connectivity index (χ0) is 26.2. The standard InChI is InChI=1S/C22H22F6N6O/c1-13(22(26,27)28)10-32-21(29-3)33-11-14(2)34(12-17(24)25)20(35)18-15(6-4-7-16(18)23)19-30-8-5-9-31-19/h4-10,14,17H,3,11-12H2,1-2H3,(H,32,33)/b13-10+/t14-/m0/s1. The van der Waals surface area contributed by atoms with E-state index in [-0.39, 0.29) is 23.9 Å². The third-order valence-electron chi connectivity index (χ3n) is 4.69. The highest BCUT2D eigenvalue weighted by atomic mass is 19.4. The minimum absolute atomic E-state index is 0.0119. The smallest absolute Gasteiger partial charge is 0.352 e. The lowest BCUT2D eigenvalue weighted by Gasteiger charge is -2.30. The summed E-state index contributed by atoms with van der Waals surface area (Å²) in [4.78, 5) is 29.0. The summed E-state index contributed by atoms with van der Waals surface area (Å²) in [5.74, 6) is -2.30. The van der Waals surface area contributed by atoms with Crippen molar-refractivity contribution < 1.29 is 31.1 Å². The van der Waals surface area contributed by atoms with E-state index in [0.717, 1.165) is 17.9 Å². The van der Waals surface area contributed by atoms with Gasteiger partial charge in [0.25, 0.3) is 12.3 Å². The van der Waals surface area contributed by atoms with Gasteiger partial charge in [-0.3, -0.25) is 4.79 Å². The first-order valence-electron chi connectivity index (χ1n) is 10.1. The fourth-order valence-electron chi connectivity index (χ4n) is 2.84. The molecule has 0 radical (unpaired) electrons. The number of hydrogen-bond acceptors (Lipinski definition) is 4. The monoisotopic (exact) mass is 500 g/mol. The van der Waals surface area contributed by atoms with Crippen LogP contribution in [0, 0.1) is 5.82 Å². The van der Waals surface area contributed by atoms with Gasteiger partial charge in [-0.05, 0) is 32.7 Å². The molecule has 0 unspecified atom stereocenters. The number of halogens is 6. The molecule has 35 heavy (non-hydrogen) atoms. The van der Waals surface area contributed by atoms with E-state index in [4.69, 9.17) is 0 Å². The number of alkyl halides is 5. The van der Waals surface area contributed by atoms with Crippen molar-refractivity contribution in [3.63, 3.8) is 0 Å². The Labute approximate surface area is 197 Å². The fourth-order valence-corrected chi connectivity index (χ4v) is 2.84. The van der Waals surface area contributed by atoms with Crippen LogP contribution in [0.15, 0.2) is 58.4 Å². The van der Waals surface area contributed by atoms with E-state index in [1.165, 1.54) is 37.5 Å². The number of allylic oxidation sites excluding steroid dienone is 1. The number of nitrogens with zero attached hydrogens (tertiary/aromatic N) is 5. The summed E-state index contributed by atoms with van der Waals surface area (Å²) in [7, 11) is 0. The van der Waals surface area contributed by atoms with Crippen LogP contribution in [0.25, 0.3) is 11.4 Å². The number of amides is 1. The van der Waals surface area contributed by atoms with Crippen molar-refractivity contribution in [3.05, 3.63) is 59.8 Å². The van der Waals surface area contributed by atoms with Crippen molar-refractivity contribution in [3.8, 4) is 11.4 Å². The lowest BCUT2D eigenvalue weighted by molar-refractivity contribution is -0.0914. The molecule has 2 rings (SSSR count). The summed E-state index contributed by atoms with van der Waals surface area (Å²) in [5.41, 5.74) is -1.48. The Morgan fingerprint density at radius 1 is 1.23 bits per heavy atom. The van der Waals surface area contributed by atoms with Crippen LogP contribution in [0.2, 0.25) is 0 Å². The minimum atomic E-state index is -4.59. The number of aromatic nitrogens is 2. The van der Waals surface area contributed by atoms with Crippen molar-refractivity contribution in [1.29, 1.82) is 0 Å². The molecule has 0 fully saturated rings. The van der Waals surface area contributed by atoms with Crippen molar-refractivity contribution in [2.45, 2.75) is 32.5 Å². The highest BCUT2D eigenvalue weighted by molar-refractivity contribution is 6.00. The molecule has 1 atom stereocenters. The number of aliphatic imine (C=N–C) groups is 2. The maximum atomic E-state index is 14.7. The van der Waals surface area contributed by atoms with Crippen LogP contribution in [0.1, 0.15) is 24.2 Å². The van der Waals surface area contributed by atoms with Crippen molar-refractivity contribution >= 4 is 18.6 Å². The van der Waals surface area contributed by atoms with Gasteiger partial charge in [-0.15, -0.1) is 0 Å². The summed E-state index contributed by atoms with van der Waals surface area (Å²) in [6, 6.07) is 4.25. The second-order valence-corrected chi connectivity index (χ2v) is 7.23. The van der Waals surface area contributed by atoms with Crippen LogP contribution in [0.4, 0.5) is 26.3 Å². The Kier molecular flexibility index (Phi) is 9.49. The van der Waals surface area contributed by atoms with Gasteiger partial charge in [0, 0.05) is 42.3 Å². The number of carbonyl (C=O) groups is 1. The maximum Gasteiger partial charge on any atom is 0.413 e. The molecule has 1 aromatic heterocycles. The van der Waals surface area contributed by atoms with Crippen molar-refractivity contribution in [1.82, 2.24) is 20.2 Å². The summed E-state index contributed by atoms with van der Waals surface area (Å²) in [6.07, 6.45) is -4.27. The summed E-state index contributed by atoms with van der Waals surface area (Å²) >= 11 is 0. The molecule has 0 aliphatic carbocycles. The van der Waals surface area contributed by atoms with Gasteiger partial charge in [-0.25, -0.2) is 33.1 Å². The van der Waals surface area contributed by atoms with Gasteiger partial charge < -0.3 is 10.2 Å². The number of rotatable bonds is 8. The molecule has 0 saturated heterocycles. The average molecular weight is 500 g/mol. The molecule has 1 aromatic carbocycles. The van der Waals surface area contributed by atoms with E-state index < -0.39 is 48.0 Å². The molecule has 0 aliphatic rings. The SMILES string of the molecule is C=N/C(=N\C=C(/C)C(F)(F)F)NC[C@H](C)N(CC(F)F)C(=O)c1c(F)cccc1-c1ncccn1. The molecule has 7 nitrogen and oxygen atoms in total. The second kappa shape index (κ2) is 12.1. The van der Waals surface area contributed by atoms with Gasteiger partial charge in [0.15, 0.2) is 5.82 Å². The zero-order valence-corrected chi connectivity index (χ0v) is 18.7. The molecule has 0 saturated carbocycles. The quantitative estimate of drug-likeness (QED) is 0.329. The minimum Gasteiger partial charge on any atom is -0.352 e. The van der Waals surface area contributed by atoms with Gasteiger partial charge in [-0.2, -0.15) is 13.2 Å². The molecule has 13 heteroatoms. The van der Waals surface area contributed by atoms with E-state index >= 15 is 0 Å². The van der Waals surface area contributed by atoms with E-state index in [0.29, 0.717) is 6.20 Å². The van der Waals surface area contributed by atoms with E-state index in [1.807, 2.05) is 0 Å². The molecule has 1 heterocycles. The van der Waals surface area contributed by atoms with Gasteiger partial charge in [-0.1, -0.05) is 12.1 Å². The molecule has 0 spiro atoms. The van der Waals surface area contributed by atoms with E-state index in [1.54, 1.807) is 0 Å². The summed E-state index contributed by atoms with van der Waals surface area (Å²) in [6.45, 7) is 4.11. The van der Waals surface area contributed by atoms with Gasteiger partial charge in [0.05, 0.1) is 12.1 Å². The first-order valence-corrected chi connectivity index (χ1v) is 10.1. The van der Waals surface area contributed by atoms with Gasteiger partial charge in [0.2, 0.25) is 5.96 Å². The summed E-state index contributed by atoms with van der Waals surface area (Å²) in [5, 5.41) is 2.55. The number of benzene rings is 1. The van der Waals surface area contributed by atoms with Gasteiger partial charge >= 0.3 is 6.18 Å². The molecule has 1 N–H and O–H groups in total. The molecular formula is C22H22F6N6O. The molecule has 0 aliphatic heterocycles. The maximum absolute atomic E-state index is 14.7. The Balaban J connectivity index is 2.33. The van der Waals surface area contributed by atoms with Crippen LogP contribution in [-0.4, -0.2) is 65.2 Å². The predicted octanol–water partition coefficient (Wildman–Crippen LogP) is 4.49. The zero-order valence-electron chi connectivity index (χ0n) is 18.7. The molecular weight excluding hydrogens is 478 g/mol. The molecule has 0 bridgehead atoms. The number of guanidine groups is 1. The highest BCUT2D eigenvalue weighted by Gasteiger charge is 2.31. The average Bonchev–Trinajstić information content (AvgIpc) is 2.81. The van der Waals surface area contributed by atoms with Crippen LogP contribution < -0.4 is 5.32 Å². The Morgan fingerprint density at radius 3 is 2.46 bits per heavy atom. The fraction of sp³-hybridized carbons (Fsp3) is 0.318. The van der Waals surface area contributed by atoms with Crippen molar-refractivity contribution in [2.24, 2.45) is 9.98 Å². The number of nitrogens with one attached hydrogen (secondary N) is 1. The Hall–Kier alpha value is -3.77. The second-order valence-electron chi connectivity index (χ2n) is 7.23. The third kappa shape index (κ3) is 7.62. The lowest BCUT2D eigenvalue weighted by Crippen LogP contribution is -2.47. The first kappa shape index (κ1) is 27.5. The summed E-state index contributed by atoms with van der Waals surface area (Å²) < 4.78 is 79.3. The normalized spacial score (nSPS) is 13.5. The van der Waals surface area contributed by atoms with Crippen LogP contribution >= 0.6 is 0 Å². The first-order chi connectivity index (χ1) is 16.5. The van der Waals surface area contributed by atoms with E-state index in [2.05, 4.69) is 32.0 Å². The topological polar surface area (TPSA) is 82.8 Å². The Bertz CT molecular complexity index is 1090. The lowest BCUT2D eigenvalue weighted by atomic mass is 10.0. The number of hydrogen-bond donors (Lipinski definition) is 1. The van der Waals surface area contributed by atoms with Crippen molar-refractivity contribution in [2.75, 3.05) is 13.1 Å². The van der Waals surface area contributed by atoms with E-state index in [9.17, 15) is 31.1 Å². The largest absolute Gasteiger partial charge is 0.413 e. The van der Waals surface area contributed by atoms with Gasteiger partial charge in [0.1, 0.15) is 5.82 Å². The molecule has 188 valence electrons. The predicted molar refractivity (Wildman–Crippen MR) is 119 cm³/mol. The van der Waals surface area contributed by atoms with Crippen LogP contribution in [0.5, 0.6) is 0 Å². The molecule has 2 aromatic rings. The Morgan fingerprint density at radius 2 is 1.89 bits per heavy atom. The van der Waals surface area contributed by atoms with Crippen LogP contribution in [0.3, 0.4) is 0 Å². The number of carbonyl (C=O) groups excluding carboxylic acids is 1. The van der Waals surface area contributed by atoms with Crippen LogP contribution in [-0.2, 0) is 0 Å².